The fourth-order valence-corrected chi connectivity index (χ4v) is 3.12. The first-order chi connectivity index (χ1) is 11.6. The molecule has 0 unspecified atom stereocenters. The first-order valence-corrected chi connectivity index (χ1v) is 8.99. The monoisotopic (exact) mass is 373 g/mol. The highest BCUT2D eigenvalue weighted by Crippen LogP contribution is 2.30. The van der Waals surface area contributed by atoms with Crippen molar-refractivity contribution in [3.63, 3.8) is 0 Å². The maximum absolute atomic E-state index is 12.7. The number of sulfonamides is 1. The Hall–Kier alpha value is -2.06. The summed E-state index contributed by atoms with van der Waals surface area (Å²) >= 11 is 0. The Labute approximate surface area is 144 Å². The molecule has 0 spiro atoms. The minimum atomic E-state index is -4.60. The molecule has 25 heavy (non-hydrogen) atoms. The molecule has 0 aromatic heterocycles. The van der Waals surface area contributed by atoms with Gasteiger partial charge in [-0.25, -0.2) is 13.1 Å². The van der Waals surface area contributed by atoms with E-state index in [1.165, 1.54) is 0 Å². The zero-order valence-corrected chi connectivity index (χ0v) is 14.5. The van der Waals surface area contributed by atoms with Crippen LogP contribution in [0.3, 0.4) is 0 Å². The Balaban J connectivity index is 2.09. The molecule has 0 amide bonds. The number of rotatable bonds is 6. The number of alkyl halides is 3. The van der Waals surface area contributed by atoms with E-state index in [0.717, 1.165) is 18.2 Å². The van der Waals surface area contributed by atoms with Crippen molar-refractivity contribution in [1.29, 1.82) is 0 Å². The zero-order valence-electron chi connectivity index (χ0n) is 13.7. The summed E-state index contributed by atoms with van der Waals surface area (Å²) in [5.41, 5.74) is -0.350. The van der Waals surface area contributed by atoms with Gasteiger partial charge in [-0.15, -0.1) is 0 Å². The van der Waals surface area contributed by atoms with Crippen LogP contribution in [0.4, 0.5) is 13.2 Å². The molecule has 2 rings (SSSR count). The predicted molar refractivity (Wildman–Crippen MR) is 87.7 cm³/mol. The van der Waals surface area contributed by atoms with Crippen molar-refractivity contribution >= 4 is 10.0 Å². The summed E-state index contributed by atoms with van der Waals surface area (Å²) in [6.07, 6.45) is -4.58. The molecule has 0 radical (unpaired) electrons. The van der Waals surface area contributed by atoms with Crippen LogP contribution in [-0.2, 0) is 22.7 Å². The molecule has 0 saturated heterocycles. The Kier molecular flexibility index (Phi) is 5.74. The van der Waals surface area contributed by atoms with Gasteiger partial charge in [-0.2, -0.15) is 13.2 Å². The minimum absolute atomic E-state index is 0.0188. The van der Waals surface area contributed by atoms with Crippen molar-refractivity contribution in [3.05, 3.63) is 59.7 Å². The van der Waals surface area contributed by atoms with Crippen molar-refractivity contribution in [3.8, 4) is 5.75 Å². The molecule has 8 heteroatoms. The summed E-state index contributed by atoms with van der Waals surface area (Å²) in [6.45, 7) is 3.73. The Morgan fingerprint density at radius 2 is 1.72 bits per heavy atom. The van der Waals surface area contributed by atoms with Gasteiger partial charge in [0, 0.05) is 6.54 Å². The highest BCUT2D eigenvalue weighted by molar-refractivity contribution is 7.89. The number of nitrogens with one attached hydrogen (secondary N) is 1. The average Bonchev–Trinajstić information content (AvgIpc) is 2.53. The molecule has 0 aliphatic rings. The van der Waals surface area contributed by atoms with Crippen LogP contribution in [0.5, 0.6) is 5.75 Å². The molecule has 0 fully saturated rings. The number of hydrogen-bond acceptors (Lipinski definition) is 3. The van der Waals surface area contributed by atoms with Crippen LogP contribution >= 0.6 is 0 Å². The van der Waals surface area contributed by atoms with Crippen LogP contribution in [0.15, 0.2) is 53.4 Å². The summed E-state index contributed by atoms with van der Waals surface area (Å²) < 4.78 is 70.3. The fraction of sp³-hybridized carbons (Fsp3) is 0.294. The highest BCUT2D eigenvalue weighted by atomic mass is 32.2. The largest absolute Gasteiger partial charge is 0.491 e. The molecule has 1 N–H and O–H groups in total. The quantitative estimate of drug-likeness (QED) is 0.834. The van der Waals surface area contributed by atoms with E-state index in [1.807, 2.05) is 13.8 Å². The molecule has 2 aromatic rings. The van der Waals surface area contributed by atoms with Gasteiger partial charge in [0.25, 0.3) is 0 Å². The van der Waals surface area contributed by atoms with Crippen molar-refractivity contribution in [2.45, 2.75) is 37.6 Å². The van der Waals surface area contributed by atoms with Gasteiger partial charge in [0.2, 0.25) is 10.0 Å². The van der Waals surface area contributed by atoms with Crippen molar-refractivity contribution < 1.29 is 26.3 Å². The second-order valence-electron chi connectivity index (χ2n) is 5.66. The molecule has 0 atom stereocenters. The van der Waals surface area contributed by atoms with Gasteiger partial charge in [-0.1, -0.05) is 18.2 Å². The first-order valence-electron chi connectivity index (χ1n) is 7.50. The lowest BCUT2D eigenvalue weighted by atomic mass is 10.2. The Morgan fingerprint density at radius 3 is 2.28 bits per heavy atom. The van der Waals surface area contributed by atoms with Crippen LogP contribution in [0.2, 0.25) is 0 Å². The van der Waals surface area contributed by atoms with Gasteiger partial charge in [0.1, 0.15) is 5.75 Å². The van der Waals surface area contributed by atoms with Gasteiger partial charge >= 0.3 is 6.18 Å². The van der Waals surface area contributed by atoms with Gasteiger partial charge in [-0.3, -0.25) is 0 Å². The highest BCUT2D eigenvalue weighted by Gasteiger charge is 2.31. The third kappa shape index (κ3) is 5.47. The number of halogens is 3. The molecule has 136 valence electrons. The second-order valence-corrected chi connectivity index (χ2v) is 7.43. The van der Waals surface area contributed by atoms with Gasteiger partial charge in [0.15, 0.2) is 0 Å². The molecular weight excluding hydrogens is 355 g/mol. The van der Waals surface area contributed by atoms with Crippen LogP contribution < -0.4 is 9.46 Å². The Morgan fingerprint density at radius 1 is 1.08 bits per heavy atom. The summed E-state index contributed by atoms with van der Waals surface area (Å²) in [5, 5.41) is 0. The molecule has 0 heterocycles. The SMILES string of the molecule is CC(C)Oc1ccc(CNS(=O)(=O)c2cccc(C(F)(F)F)c2)cc1. The number of hydrogen-bond donors (Lipinski definition) is 1. The maximum Gasteiger partial charge on any atom is 0.416 e. The fourth-order valence-electron chi connectivity index (χ4n) is 2.06. The molecule has 0 aliphatic heterocycles. The van der Waals surface area contributed by atoms with E-state index in [0.29, 0.717) is 17.4 Å². The number of benzene rings is 2. The minimum Gasteiger partial charge on any atom is -0.491 e. The van der Waals surface area contributed by atoms with Crippen LogP contribution in [-0.4, -0.2) is 14.5 Å². The van der Waals surface area contributed by atoms with E-state index in [4.69, 9.17) is 4.74 Å². The zero-order chi connectivity index (χ0) is 18.7. The molecule has 4 nitrogen and oxygen atoms in total. The van der Waals surface area contributed by atoms with E-state index in [-0.39, 0.29) is 12.6 Å². The smallest absolute Gasteiger partial charge is 0.416 e. The van der Waals surface area contributed by atoms with Crippen molar-refractivity contribution in [1.82, 2.24) is 4.72 Å². The summed E-state index contributed by atoms with van der Waals surface area (Å²) in [7, 11) is -4.05. The molecule has 0 bridgehead atoms. The topological polar surface area (TPSA) is 55.4 Å². The van der Waals surface area contributed by atoms with E-state index in [9.17, 15) is 21.6 Å². The van der Waals surface area contributed by atoms with Gasteiger partial charge in [-0.05, 0) is 49.7 Å². The first kappa shape index (κ1) is 19.3. The van der Waals surface area contributed by atoms with E-state index in [1.54, 1.807) is 24.3 Å². The summed E-state index contributed by atoms with van der Waals surface area (Å²) in [5.74, 6) is 0.652. The standard InChI is InChI=1S/C17H18F3NO3S/c1-12(2)24-15-8-6-13(7-9-15)11-21-25(22,23)16-5-3-4-14(10-16)17(18,19)20/h3-10,12,21H,11H2,1-2H3. The molecular formula is C17H18F3NO3S. The lowest BCUT2D eigenvalue weighted by molar-refractivity contribution is -0.137. The molecule has 0 aliphatic carbocycles. The normalized spacial score (nSPS) is 12.4. The van der Waals surface area contributed by atoms with Crippen LogP contribution in [0.1, 0.15) is 25.0 Å². The third-order valence-electron chi connectivity index (χ3n) is 3.23. The van der Waals surface area contributed by atoms with Gasteiger partial charge in [0.05, 0.1) is 16.6 Å². The van der Waals surface area contributed by atoms with E-state index in [2.05, 4.69) is 4.72 Å². The second kappa shape index (κ2) is 7.45. The lowest BCUT2D eigenvalue weighted by Crippen LogP contribution is -2.23. The number of ether oxygens (including phenoxy) is 1. The van der Waals surface area contributed by atoms with E-state index >= 15 is 0 Å². The molecule has 2 aromatic carbocycles. The molecule has 0 saturated carbocycles. The summed E-state index contributed by atoms with van der Waals surface area (Å²) in [6, 6.07) is 10.4. The maximum atomic E-state index is 12.7. The van der Waals surface area contributed by atoms with Crippen molar-refractivity contribution in [2.24, 2.45) is 0 Å². The van der Waals surface area contributed by atoms with Gasteiger partial charge < -0.3 is 4.74 Å². The van der Waals surface area contributed by atoms with Crippen LogP contribution in [0, 0.1) is 0 Å². The van der Waals surface area contributed by atoms with E-state index < -0.39 is 26.7 Å². The van der Waals surface area contributed by atoms with Crippen molar-refractivity contribution in [2.75, 3.05) is 0 Å². The lowest BCUT2D eigenvalue weighted by Gasteiger charge is -2.12. The van der Waals surface area contributed by atoms with Crippen LogP contribution in [0.25, 0.3) is 0 Å². The predicted octanol–water partition coefficient (Wildman–Crippen LogP) is 3.97. The Bertz CT molecular complexity index is 816. The third-order valence-corrected chi connectivity index (χ3v) is 4.63. The summed E-state index contributed by atoms with van der Waals surface area (Å²) in [4.78, 5) is -0.429. The average molecular weight is 373 g/mol.